The molecule has 0 atom stereocenters. The number of aromatic nitrogens is 3. The van der Waals surface area contributed by atoms with Gasteiger partial charge in [0.05, 0.1) is 6.20 Å². The molecule has 138 valence electrons. The van der Waals surface area contributed by atoms with E-state index in [1.807, 2.05) is 19.1 Å². The highest BCUT2D eigenvalue weighted by Gasteiger charge is 2.25. The van der Waals surface area contributed by atoms with E-state index in [1.165, 1.54) is 18.5 Å². The highest BCUT2D eigenvalue weighted by molar-refractivity contribution is 5.92. The number of nitrogens with zero attached hydrogens (tertiary/aromatic N) is 4. The molecular weight excluding hydrogens is 345 g/mol. The quantitative estimate of drug-likeness (QED) is 0.772. The topological polar surface area (TPSA) is 71.0 Å². The molecule has 0 spiro atoms. The first-order valence-corrected chi connectivity index (χ1v) is 8.99. The van der Waals surface area contributed by atoms with Crippen LogP contribution in [-0.4, -0.2) is 44.9 Å². The van der Waals surface area contributed by atoms with Crippen molar-refractivity contribution in [3.8, 4) is 0 Å². The third-order valence-electron chi connectivity index (χ3n) is 4.84. The van der Waals surface area contributed by atoms with Crippen molar-refractivity contribution in [3.05, 3.63) is 60.1 Å². The Morgan fingerprint density at radius 2 is 2.07 bits per heavy atom. The molecule has 1 aromatic carbocycles. The SMILES string of the molecule is Cc1cc(NC2CCN(C(=O)c3cnccn3)CC2)c2cccc(F)c2n1. The number of likely N-dealkylation sites (tertiary alicyclic amines) is 1. The number of piperidine rings is 1. The van der Waals surface area contributed by atoms with Gasteiger partial charge in [-0.15, -0.1) is 0 Å². The molecule has 3 heterocycles. The van der Waals surface area contributed by atoms with Crippen molar-refractivity contribution >= 4 is 22.5 Å². The molecule has 3 aromatic rings. The van der Waals surface area contributed by atoms with Crippen LogP contribution in [0.3, 0.4) is 0 Å². The molecule has 1 aliphatic rings. The van der Waals surface area contributed by atoms with E-state index in [2.05, 4.69) is 20.3 Å². The second-order valence-corrected chi connectivity index (χ2v) is 6.75. The number of nitrogens with one attached hydrogen (secondary N) is 1. The Bertz CT molecular complexity index is 971. The zero-order valence-corrected chi connectivity index (χ0v) is 15.0. The van der Waals surface area contributed by atoms with E-state index in [9.17, 15) is 9.18 Å². The zero-order chi connectivity index (χ0) is 18.8. The number of benzene rings is 1. The number of carbonyl (C=O) groups is 1. The van der Waals surface area contributed by atoms with Gasteiger partial charge in [0.2, 0.25) is 0 Å². The number of rotatable bonds is 3. The fourth-order valence-electron chi connectivity index (χ4n) is 3.48. The molecule has 0 radical (unpaired) electrons. The molecule has 7 heteroatoms. The smallest absolute Gasteiger partial charge is 0.274 e. The number of pyridine rings is 1. The van der Waals surface area contributed by atoms with E-state index in [1.54, 1.807) is 17.2 Å². The third kappa shape index (κ3) is 3.58. The maximum absolute atomic E-state index is 14.1. The minimum atomic E-state index is -0.316. The van der Waals surface area contributed by atoms with Crippen molar-refractivity contribution < 1.29 is 9.18 Å². The van der Waals surface area contributed by atoms with Gasteiger partial charge in [0.25, 0.3) is 5.91 Å². The Morgan fingerprint density at radius 1 is 1.26 bits per heavy atom. The number of anilines is 1. The van der Waals surface area contributed by atoms with Gasteiger partial charge in [-0.05, 0) is 31.9 Å². The van der Waals surface area contributed by atoms with E-state index < -0.39 is 0 Å². The summed E-state index contributed by atoms with van der Waals surface area (Å²) in [7, 11) is 0. The van der Waals surface area contributed by atoms with Crippen LogP contribution >= 0.6 is 0 Å². The predicted molar refractivity (Wildman–Crippen MR) is 101 cm³/mol. The number of hydrogen-bond donors (Lipinski definition) is 1. The molecule has 1 N–H and O–H groups in total. The van der Waals surface area contributed by atoms with Gasteiger partial charge >= 0.3 is 0 Å². The van der Waals surface area contributed by atoms with Gasteiger partial charge in [-0.1, -0.05) is 12.1 Å². The summed E-state index contributed by atoms with van der Waals surface area (Å²) in [6.45, 7) is 3.14. The lowest BCUT2D eigenvalue weighted by molar-refractivity contribution is 0.0712. The average Bonchev–Trinajstić information content (AvgIpc) is 2.69. The van der Waals surface area contributed by atoms with Gasteiger partial charge in [0.1, 0.15) is 17.0 Å². The maximum Gasteiger partial charge on any atom is 0.274 e. The lowest BCUT2D eigenvalue weighted by Gasteiger charge is -2.33. The number of aryl methyl sites for hydroxylation is 1. The maximum atomic E-state index is 14.1. The number of para-hydroxylation sites is 1. The summed E-state index contributed by atoms with van der Waals surface area (Å²) in [5, 5.41) is 4.30. The van der Waals surface area contributed by atoms with Gasteiger partial charge in [0, 0.05) is 48.3 Å². The van der Waals surface area contributed by atoms with Crippen molar-refractivity contribution in [1.82, 2.24) is 19.9 Å². The normalized spacial score (nSPS) is 15.1. The minimum Gasteiger partial charge on any atom is -0.382 e. The first-order valence-electron chi connectivity index (χ1n) is 8.99. The molecule has 1 amide bonds. The van der Waals surface area contributed by atoms with Crippen molar-refractivity contribution in [1.29, 1.82) is 0 Å². The van der Waals surface area contributed by atoms with Crippen LogP contribution < -0.4 is 5.32 Å². The van der Waals surface area contributed by atoms with E-state index in [4.69, 9.17) is 0 Å². The lowest BCUT2D eigenvalue weighted by atomic mass is 10.0. The van der Waals surface area contributed by atoms with Crippen LogP contribution in [0.5, 0.6) is 0 Å². The summed E-state index contributed by atoms with van der Waals surface area (Å²) in [6, 6.07) is 7.15. The van der Waals surface area contributed by atoms with Gasteiger partial charge < -0.3 is 10.2 Å². The summed E-state index contributed by atoms with van der Waals surface area (Å²) < 4.78 is 14.1. The van der Waals surface area contributed by atoms with Crippen molar-refractivity contribution in [3.63, 3.8) is 0 Å². The second-order valence-electron chi connectivity index (χ2n) is 6.75. The Balaban J connectivity index is 1.46. The van der Waals surface area contributed by atoms with Crippen molar-refractivity contribution in [2.45, 2.75) is 25.8 Å². The van der Waals surface area contributed by atoms with Gasteiger partial charge in [-0.2, -0.15) is 0 Å². The molecule has 1 saturated heterocycles. The van der Waals surface area contributed by atoms with Gasteiger partial charge in [-0.25, -0.2) is 14.4 Å². The number of halogens is 1. The van der Waals surface area contributed by atoms with Crippen LogP contribution in [0, 0.1) is 12.7 Å². The zero-order valence-electron chi connectivity index (χ0n) is 15.0. The summed E-state index contributed by atoms with van der Waals surface area (Å²) in [6.07, 6.45) is 6.19. The molecule has 0 bridgehead atoms. The number of amides is 1. The second kappa shape index (κ2) is 7.26. The molecule has 27 heavy (non-hydrogen) atoms. The predicted octanol–water partition coefficient (Wildman–Crippen LogP) is 3.19. The Labute approximate surface area is 156 Å². The third-order valence-corrected chi connectivity index (χ3v) is 4.84. The van der Waals surface area contributed by atoms with E-state index in [0.717, 1.165) is 29.6 Å². The highest BCUT2D eigenvalue weighted by Crippen LogP contribution is 2.27. The number of hydrogen-bond acceptors (Lipinski definition) is 5. The van der Waals surface area contributed by atoms with Crippen LogP contribution in [-0.2, 0) is 0 Å². The van der Waals surface area contributed by atoms with E-state index in [-0.39, 0.29) is 17.8 Å². The number of fused-ring (bicyclic) bond motifs is 1. The molecule has 2 aromatic heterocycles. The molecule has 1 aliphatic heterocycles. The van der Waals surface area contributed by atoms with Crippen molar-refractivity contribution in [2.24, 2.45) is 0 Å². The summed E-state index contributed by atoms with van der Waals surface area (Å²) in [4.78, 5) is 26.6. The van der Waals surface area contributed by atoms with E-state index >= 15 is 0 Å². The molecular formula is C20H20FN5O. The van der Waals surface area contributed by atoms with Crippen LogP contribution in [0.2, 0.25) is 0 Å². The summed E-state index contributed by atoms with van der Waals surface area (Å²) >= 11 is 0. The van der Waals surface area contributed by atoms with Gasteiger partial charge in [-0.3, -0.25) is 9.78 Å². The Morgan fingerprint density at radius 3 is 2.81 bits per heavy atom. The van der Waals surface area contributed by atoms with Gasteiger partial charge in [0.15, 0.2) is 0 Å². The summed E-state index contributed by atoms with van der Waals surface area (Å²) in [5.41, 5.74) is 2.41. The Hall–Kier alpha value is -3.09. The molecule has 1 fully saturated rings. The highest BCUT2D eigenvalue weighted by atomic mass is 19.1. The van der Waals surface area contributed by atoms with Crippen molar-refractivity contribution in [2.75, 3.05) is 18.4 Å². The first-order chi connectivity index (χ1) is 13.1. The number of carbonyl (C=O) groups excluding carboxylic acids is 1. The standard InChI is InChI=1S/C20H20FN5O/c1-13-11-17(15-3-2-4-16(21)19(15)24-13)25-14-5-9-26(10-6-14)20(27)18-12-22-7-8-23-18/h2-4,7-8,11-12,14H,5-6,9-10H2,1H3,(H,24,25). The summed E-state index contributed by atoms with van der Waals surface area (Å²) in [5.74, 6) is -0.405. The minimum absolute atomic E-state index is 0.0890. The van der Waals surface area contributed by atoms with Crippen LogP contribution in [0.15, 0.2) is 42.9 Å². The molecule has 0 unspecified atom stereocenters. The largest absolute Gasteiger partial charge is 0.382 e. The lowest BCUT2D eigenvalue weighted by Crippen LogP contribution is -2.42. The fourth-order valence-corrected chi connectivity index (χ4v) is 3.48. The van der Waals surface area contributed by atoms with Crippen LogP contribution in [0.1, 0.15) is 29.0 Å². The molecule has 6 nitrogen and oxygen atoms in total. The molecule has 4 rings (SSSR count). The van der Waals surface area contributed by atoms with E-state index in [0.29, 0.717) is 24.3 Å². The molecule has 0 aliphatic carbocycles. The average molecular weight is 365 g/mol. The monoisotopic (exact) mass is 365 g/mol. The Kier molecular flexibility index (Phi) is 4.66. The van der Waals surface area contributed by atoms with Crippen LogP contribution in [0.25, 0.3) is 10.9 Å². The fraction of sp³-hybridized carbons (Fsp3) is 0.300. The first kappa shape index (κ1) is 17.3. The van der Waals surface area contributed by atoms with Crippen LogP contribution in [0.4, 0.5) is 10.1 Å². The molecule has 0 saturated carbocycles.